The molecule has 0 saturated carbocycles. The fourth-order valence-corrected chi connectivity index (χ4v) is 3.91. The molecule has 2 aliphatic rings. The van der Waals surface area contributed by atoms with E-state index in [2.05, 4.69) is 25.1 Å². The number of aromatic amines is 1. The van der Waals surface area contributed by atoms with Gasteiger partial charge in [-0.3, -0.25) is 5.10 Å². The number of ether oxygens (including phenoxy) is 2. The molecule has 1 fully saturated rings. The highest BCUT2D eigenvalue weighted by Gasteiger charge is 2.44. The standard InChI is InChI=1S/C16H21N5O2/c1-22-12-8-13(23-2)19-15(18-12)21-7-3-5-16(10-21)6-4-11-9-17-20-14(11)16/h8-9H,3-7,10H2,1-2H3,(H,17,20). The molecule has 23 heavy (non-hydrogen) atoms. The second-order valence-electron chi connectivity index (χ2n) is 6.33. The molecule has 0 radical (unpaired) electrons. The number of fused-ring (bicyclic) bond motifs is 2. The zero-order valence-electron chi connectivity index (χ0n) is 13.5. The Bertz CT molecular complexity index is 694. The van der Waals surface area contributed by atoms with Gasteiger partial charge in [-0.25, -0.2) is 0 Å². The van der Waals surface area contributed by atoms with Gasteiger partial charge in [-0.1, -0.05) is 0 Å². The van der Waals surface area contributed by atoms with Crippen LogP contribution in [0.4, 0.5) is 5.95 Å². The third-order valence-electron chi connectivity index (χ3n) is 5.07. The molecule has 2 aromatic heterocycles. The van der Waals surface area contributed by atoms with Crippen molar-refractivity contribution >= 4 is 5.95 Å². The third kappa shape index (κ3) is 2.31. The topological polar surface area (TPSA) is 76.2 Å². The van der Waals surface area contributed by atoms with Crippen molar-refractivity contribution in [1.29, 1.82) is 0 Å². The van der Waals surface area contributed by atoms with Crippen molar-refractivity contribution in [3.05, 3.63) is 23.5 Å². The molecule has 1 aliphatic carbocycles. The molecule has 4 rings (SSSR count). The summed E-state index contributed by atoms with van der Waals surface area (Å²) in [6.45, 7) is 1.85. The SMILES string of the molecule is COc1cc(OC)nc(N2CCCC3(CCc4cn[nH]c43)C2)n1. The molecule has 1 N–H and O–H groups in total. The lowest BCUT2D eigenvalue weighted by Gasteiger charge is -2.40. The van der Waals surface area contributed by atoms with E-state index in [1.165, 1.54) is 17.7 Å². The monoisotopic (exact) mass is 315 g/mol. The number of aryl methyl sites for hydroxylation is 1. The van der Waals surface area contributed by atoms with Crippen LogP contribution < -0.4 is 14.4 Å². The lowest BCUT2D eigenvalue weighted by atomic mass is 9.78. The summed E-state index contributed by atoms with van der Waals surface area (Å²) in [5.41, 5.74) is 2.80. The summed E-state index contributed by atoms with van der Waals surface area (Å²) in [4.78, 5) is 11.3. The number of nitrogens with one attached hydrogen (secondary N) is 1. The van der Waals surface area contributed by atoms with Crippen molar-refractivity contribution in [2.45, 2.75) is 31.1 Å². The van der Waals surface area contributed by atoms with Crippen LogP contribution in [-0.4, -0.2) is 47.5 Å². The largest absolute Gasteiger partial charge is 0.481 e. The van der Waals surface area contributed by atoms with Crippen LogP contribution in [0.1, 0.15) is 30.5 Å². The molecular formula is C16H21N5O2. The molecule has 1 saturated heterocycles. The Labute approximate surface area is 135 Å². The molecule has 0 amide bonds. The number of H-pyrrole nitrogens is 1. The van der Waals surface area contributed by atoms with Crippen molar-refractivity contribution in [2.24, 2.45) is 0 Å². The highest BCUT2D eigenvalue weighted by molar-refractivity contribution is 5.42. The molecule has 0 aromatic carbocycles. The molecule has 1 atom stereocenters. The minimum absolute atomic E-state index is 0.143. The van der Waals surface area contributed by atoms with Crippen molar-refractivity contribution in [3.8, 4) is 11.8 Å². The molecule has 1 spiro atoms. The third-order valence-corrected chi connectivity index (χ3v) is 5.07. The number of rotatable bonds is 3. The van der Waals surface area contributed by atoms with E-state index in [4.69, 9.17) is 9.47 Å². The molecule has 0 bridgehead atoms. The van der Waals surface area contributed by atoms with Gasteiger partial charge in [0.05, 0.1) is 26.5 Å². The lowest BCUT2D eigenvalue weighted by molar-refractivity contribution is 0.326. The van der Waals surface area contributed by atoms with Gasteiger partial charge in [-0.2, -0.15) is 15.1 Å². The van der Waals surface area contributed by atoms with Crippen LogP contribution in [0.5, 0.6) is 11.8 Å². The van der Waals surface area contributed by atoms with E-state index >= 15 is 0 Å². The highest BCUT2D eigenvalue weighted by Crippen LogP contribution is 2.44. The summed E-state index contributed by atoms with van der Waals surface area (Å²) in [5, 5.41) is 7.46. The average molecular weight is 315 g/mol. The normalized spacial score (nSPS) is 23.1. The fourth-order valence-electron chi connectivity index (χ4n) is 3.91. The van der Waals surface area contributed by atoms with E-state index in [0.29, 0.717) is 17.7 Å². The van der Waals surface area contributed by atoms with E-state index in [1.54, 1.807) is 20.3 Å². The summed E-state index contributed by atoms with van der Waals surface area (Å²) in [6, 6.07) is 1.70. The Morgan fingerprint density at radius 3 is 2.70 bits per heavy atom. The first-order valence-electron chi connectivity index (χ1n) is 7.99. The maximum absolute atomic E-state index is 5.28. The maximum atomic E-state index is 5.28. The summed E-state index contributed by atoms with van der Waals surface area (Å²) < 4.78 is 10.6. The number of methoxy groups -OCH3 is 2. The number of hydrogen-bond acceptors (Lipinski definition) is 6. The number of anilines is 1. The van der Waals surface area contributed by atoms with Gasteiger partial charge >= 0.3 is 0 Å². The van der Waals surface area contributed by atoms with Gasteiger partial charge in [-0.05, 0) is 31.2 Å². The smallest absolute Gasteiger partial charge is 0.232 e. The molecule has 1 aliphatic heterocycles. The minimum Gasteiger partial charge on any atom is -0.481 e. The Morgan fingerprint density at radius 2 is 1.96 bits per heavy atom. The predicted octanol–water partition coefficient (Wildman–Crippen LogP) is 1.70. The van der Waals surface area contributed by atoms with Gasteiger partial charge < -0.3 is 14.4 Å². The van der Waals surface area contributed by atoms with Gasteiger partial charge in [-0.15, -0.1) is 0 Å². The molecule has 7 nitrogen and oxygen atoms in total. The predicted molar refractivity (Wildman–Crippen MR) is 85.2 cm³/mol. The van der Waals surface area contributed by atoms with Crippen LogP contribution in [0.25, 0.3) is 0 Å². The number of aromatic nitrogens is 4. The second-order valence-corrected chi connectivity index (χ2v) is 6.33. The van der Waals surface area contributed by atoms with Crippen LogP contribution in [0.15, 0.2) is 12.3 Å². The van der Waals surface area contributed by atoms with Crippen LogP contribution >= 0.6 is 0 Å². The summed E-state index contributed by atoms with van der Waals surface area (Å²) in [6.07, 6.45) is 6.52. The van der Waals surface area contributed by atoms with Gasteiger partial charge in [0.25, 0.3) is 0 Å². The summed E-state index contributed by atoms with van der Waals surface area (Å²) in [7, 11) is 3.22. The van der Waals surface area contributed by atoms with Crippen LogP contribution in [0.2, 0.25) is 0 Å². The molecule has 1 unspecified atom stereocenters. The molecule has 122 valence electrons. The van der Waals surface area contributed by atoms with Gasteiger partial charge in [0, 0.05) is 24.2 Å². The van der Waals surface area contributed by atoms with E-state index in [-0.39, 0.29) is 5.41 Å². The van der Waals surface area contributed by atoms with Crippen molar-refractivity contribution in [3.63, 3.8) is 0 Å². The Kier molecular flexibility index (Phi) is 3.36. The van der Waals surface area contributed by atoms with Gasteiger partial charge in [0.1, 0.15) is 0 Å². The first-order valence-corrected chi connectivity index (χ1v) is 7.99. The second kappa shape index (κ2) is 5.40. The Morgan fingerprint density at radius 1 is 1.17 bits per heavy atom. The molecular weight excluding hydrogens is 294 g/mol. The van der Waals surface area contributed by atoms with E-state index < -0.39 is 0 Å². The summed E-state index contributed by atoms with van der Waals surface area (Å²) >= 11 is 0. The van der Waals surface area contributed by atoms with E-state index in [1.807, 2.05) is 6.20 Å². The zero-order valence-corrected chi connectivity index (χ0v) is 13.5. The first-order chi connectivity index (χ1) is 11.2. The lowest BCUT2D eigenvalue weighted by Crippen LogP contribution is -2.46. The molecule has 2 aromatic rings. The van der Waals surface area contributed by atoms with Crippen LogP contribution in [0, 0.1) is 0 Å². The van der Waals surface area contributed by atoms with Gasteiger partial charge in [0.2, 0.25) is 17.7 Å². The number of nitrogens with zero attached hydrogens (tertiary/aromatic N) is 4. The molecule has 7 heteroatoms. The average Bonchev–Trinajstić information content (AvgIpc) is 3.19. The maximum Gasteiger partial charge on any atom is 0.232 e. The minimum atomic E-state index is 0.143. The zero-order chi connectivity index (χ0) is 15.9. The Hall–Kier alpha value is -2.31. The van der Waals surface area contributed by atoms with Crippen molar-refractivity contribution < 1.29 is 9.47 Å². The quantitative estimate of drug-likeness (QED) is 0.929. The summed E-state index contributed by atoms with van der Waals surface area (Å²) in [5.74, 6) is 1.73. The molecule has 3 heterocycles. The fraction of sp³-hybridized carbons (Fsp3) is 0.562. The van der Waals surface area contributed by atoms with Gasteiger partial charge in [0.15, 0.2) is 0 Å². The Balaban J connectivity index is 1.66. The highest BCUT2D eigenvalue weighted by atomic mass is 16.5. The number of hydrogen-bond donors (Lipinski definition) is 1. The number of piperidine rings is 1. The van der Waals surface area contributed by atoms with E-state index in [9.17, 15) is 0 Å². The van der Waals surface area contributed by atoms with Crippen molar-refractivity contribution in [1.82, 2.24) is 20.2 Å². The van der Waals surface area contributed by atoms with Crippen LogP contribution in [0.3, 0.4) is 0 Å². The van der Waals surface area contributed by atoms with Crippen molar-refractivity contribution in [2.75, 3.05) is 32.2 Å². The van der Waals surface area contributed by atoms with Crippen LogP contribution in [-0.2, 0) is 11.8 Å². The van der Waals surface area contributed by atoms with E-state index in [0.717, 1.165) is 32.4 Å². The first kappa shape index (κ1) is 14.3.